The summed E-state index contributed by atoms with van der Waals surface area (Å²) in [5, 5.41) is 9.64. The molecule has 5 heteroatoms. The van der Waals surface area contributed by atoms with Gasteiger partial charge < -0.3 is 17.3 Å². The van der Waals surface area contributed by atoms with Gasteiger partial charge in [0.25, 0.3) is 0 Å². The number of hydrogen-bond donors (Lipinski definition) is 0. The molecular weight excluding hydrogens is 1260 g/mol. The molecule has 2 unspecified atom stereocenters. The van der Waals surface area contributed by atoms with E-state index in [-0.39, 0.29) is 44.8 Å². The van der Waals surface area contributed by atoms with E-state index >= 15 is 0 Å². The molecule has 0 bridgehead atoms. The van der Waals surface area contributed by atoms with Crippen LogP contribution in [0.25, 0.3) is 38.6 Å². The minimum absolute atomic E-state index is 0. The summed E-state index contributed by atoms with van der Waals surface area (Å²) in [6, 6.07) is 70.0. The van der Waals surface area contributed by atoms with Crippen LogP contribution in [0, 0.1) is 24.7 Å². The van der Waals surface area contributed by atoms with Crippen LogP contribution < -0.4 is 26.5 Å². The molecule has 1 nitrogen and oxygen atoms in total. The number of fused-ring (bicyclic) bond motifs is 8. The molecular formula is C66H50Au2OP2+2. The van der Waals surface area contributed by atoms with E-state index in [2.05, 4.69) is 230 Å². The third kappa shape index (κ3) is 10.5. The molecule has 0 aliphatic heterocycles. The number of para-hydroxylation sites is 1. The van der Waals surface area contributed by atoms with Crippen LogP contribution in [0.1, 0.15) is 47.1 Å². The Morgan fingerprint density at radius 1 is 0.493 bits per heavy atom. The van der Waals surface area contributed by atoms with Gasteiger partial charge in [-0.2, -0.15) is 0 Å². The molecule has 0 radical (unpaired) electrons. The Labute approximate surface area is 452 Å². The normalized spacial score (nSPS) is 14.9. The SMILES string of the molecule is C1=CCC([PH+](c2ccccc2)c2cc3c(cc2[PH+](c2ccccc2)c2ccccc2)oc2ccccc23)C=C1.[Au+].[Au+].[C-]#CC1=CC2=C(CC1)Cc1ccccc12.[C-]#Cc1ccc2c(c1)Cc1ccccc1-2. The van der Waals surface area contributed by atoms with E-state index in [1.54, 1.807) is 0 Å². The summed E-state index contributed by atoms with van der Waals surface area (Å²) in [6.07, 6.45) is 30.9. The van der Waals surface area contributed by atoms with Gasteiger partial charge in [-0.15, -0.1) is 29.3 Å². The van der Waals surface area contributed by atoms with E-state index in [1.807, 2.05) is 6.07 Å². The first-order valence-electron chi connectivity index (χ1n) is 23.9. The van der Waals surface area contributed by atoms with Gasteiger partial charge >= 0.3 is 44.8 Å². The summed E-state index contributed by atoms with van der Waals surface area (Å²) < 4.78 is 6.50. The number of benzene rings is 8. The molecule has 4 aliphatic carbocycles. The number of rotatable bonds is 6. The van der Waals surface area contributed by atoms with E-state index in [0.717, 1.165) is 54.4 Å². The Balaban J connectivity index is 0.000000159. The van der Waals surface area contributed by atoms with E-state index in [1.165, 1.54) is 81.8 Å². The van der Waals surface area contributed by atoms with Crippen molar-refractivity contribution in [1.29, 1.82) is 0 Å². The largest absolute Gasteiger partial charge is 1.00 e. The molecule has 0 N–H and O–H groups in total. The fourth-order valence-electron chi connectivity index (χ4n) is 10.6. The second-order valence-electron chi connectivity index (χ2n) is 18.0. The predicted molar refractivity (Wildman–Crippen MR) is 297 cm³/mol. The van der Waals surface area contributed by atoms with Crippen molar-refractivity contribution in [2.24, 2.45) is 0 Å². The first-order chi connectivity index (χ1) is 34.1. The first-order valence-corrected chi connectivity index (χ1v) is 27.0. The van der Waals surface area contributed by atoms with E-state index < -0.39 is 15.8 Å². The fraction of sp³-hybridized carbons (Fsp3) is 0.0909. The van der Waals surface area contributed by atoms with Crippen LogP contribution in [-0.4, -0.2) is 5.66 Å². The quantitative estimate of drug-likeness (QED) is 0.0700. The van der Waals surface area contributed by atoms with Crippen LogP contribution in [0.3, 0.4) is 0 Å². The van der Waals surface area contributed by atoms with Crippen LogP contribution in [-0.2, 0) is 57.6 Å². The maximum absolute atomic E-state index is 7.19. The average molecular weight is 1320 g/mol. The molecule has 71 heavy (non-hydrogen) atoms. The Morgan fingerprint density at radius 3 is 1.79 bits per heavy atom. The number of hydrogen-bond acceptors (Lipinski definition) is 1. The van der Waals surface area contributed by atoms with Crippen LogP contribution in [0.15, 0.2) is 240 Å². The van der Waals surface area contributed by atoms with Gasteiger partial charge in [0, 0.05) is 23.3 Å². The van der Waals surface area contributed by atoms with Crippen LogP contribution in [0.5, 0.6) is 0 Å². The minimum Gasteiger partial charge on any atom is -0.456 e. The summed E-state index contributed by atoms with van der Waals surface area (Å²) in [7, 11) is -2.48. The smallest absolute Gasteiger partial charge is 0.456 e. The maximum Gasteiger partial charge on any atom is 1.00 e. The minimum atomic E-state index is -1.30. The van der Waals surface area contributed by atoms with Crippen molar-refractivity contribution < 1.29 is 49.2 Å². The summed E-state index contributed by atoms with van der Waals surface area (Å²) in [4.78, 5) is 0. The molecule has 13 rings (SSSR count). The van der Waals surface area contributed by atoms with E-state index in [0.29, 0.717) is 5.66 Å². The van der Waals surface area contributed by atoms with Gasteiger partial charge in [0.1, 0.15) is 40.3 Å². The van der Waals surface area contributed by atoms with Crippen molar-refractivity contribution in [2.45, 2.75) is 37.8 Å². The molecule has 2 atom stereocenters. The van der Waals surface area contributed by atoms with Crippen LogP contribution in [0.2, 0.25) is 0 Å². The van der Waals surface area contributed by atoms with E-state index in [9.17, 15) is 0 Å². The molecule has 0 fully saturated rings. The molecule has 0 amide bonds. The van der Waals surface area contributed by atoms with Crippen LogP contribution >= 0.6 is 15.8 Å². The van der Waals surface area contributed by atoms with E-state index in [4.69, 9.17) is 17.3 Å². The summed E-state index contributed by atoms with van der Waals surface area (Å²) in [5.41, 5.74) is 15.3. The molecule has 1 aromatic heterocycles. The zero-order valence-electron chi connectivity index (χ0n) is 39.0. The standard InChI is InChI=1S/C36H28OP2.C15H9.C15H11.2Au/c1-5-15-27(16-6-1)38(28-17-7-2-8-18-28)35-25-32-31-23-13-14-24-33(31)37-34(32)26-36(35)39(29-19-9-3-10-20-29)30-21-11-4-12-22-30;1-2-11-7-8-15-13(9-11)10-12-5-3-4-6-14(12)15;1-2-11-7-8-13-10-12-5-3-4-6-14(12)15(13)9-11;;/h1-17,19-26,28H,18H2;3-9H,10H2;3-6,9H,7-8,10H2;;/q;2*-1;2*+1/p+2. The molecule has 8 aromatic carbocycles. The predicted octanol–water partition coefficient (Wildman–Crippen LogP) is 13.6. The Bertz CT molecular complexity index is 3530. The van der Waals surface area contributed by atoms with Crippen molar-refractivity contribution in [3.8, 4) is 23.0 Å². The van der Waals surface area contributed by atoms with Gasteiger partial charge in [-0.3, -0.25) is 11.8 Å². The van der Waals surface area contributed by atoms with Crippen molar-refractivity contribution in [3.63, 3.8) is 0 Å². The molecule has 9 aromatic rings. The van der Waals surface area contributed by atoms with Gasteiger partial charge in [-0.1, -0.05) is 163 Å². The molecule has 350 valence electrons. The molecule has 0 saturated carbocycles. The van der Waals surface area contributed by atoms with Gasteiger partial charge in [0.2, 0.25) is 0 Å². The fourth-order valence-corrected chi connectivity index (χ4v) is 17.0. The van der Waals surface area contributed by atoms with Gasteiger partial charge in [-0.25, -0.2) is 0 Å². The van der Waals surface area contributed by atoms with Gasteiger partial charge in [0.15, 0.2) is 0 Å². The Morgan fingerprint density at radius 2 is 1.11 bits per heavy atom. The summed E-state index contributed by atoms with van der Waals surface area (Å²) in [5.74, 6) is 4.96. The zero-order valence-corrected chi connectivity index (χ0v) is 45.3. The maximum atomic E-state index is 7.19. The monoisotopic (exact) mass is 1310 g/mol. The number of allylic oxidation sites excluding steroid dienone is 8. The van der Waals surface area contributed by atoms with Crippen molar-refractivity contribution >= 4 is 69.9 Å². The van der Waals surface area contributed by atoms with Crippen molar-refractivity contribution in [3.05, 3.63) is 276 Å². The first kappa shape index (κ1) is 49.9. The van der Waals surface area contributed by atoms with Gasteiger partial charge in [0.05, 0.1) is 18.9 Å². The molecule has 0 saturated heterocycles. The third-order valence-electron chi connectivity index (χ3n) is 13.8. The van der Waals surface area contributed by atoms with Crippen molar-refractivity contribution in [1.82, 2.24) is 0 Å². The molecule has 4 aliphatic rings. The van der Waals surface area contributed by atoms with Gasteiger partial charge in [-0.05, 0) is 107 Å². The number of furan rings is 1. The molecule has 1 heterocycles. The summed E-state index contributed by atoms with van der Waals surface area (Å²) >= 11 is 0. The average Bonchev–Trinajstić information content (AvgIpc) is 4.11. The second kappa shape index (κ2) is 23.0. The Hall–Kier alpha value is -6.02. The second-order valence-corrected chi connectivity index (χ2v) is 23.1. The molecule has 0 spiro atoms. The van der Waals surface area contributed by atoms with Crippen molar-refractivity contribution in [2.75, 3.05) is 0 Å². The topological polar surface area (TPSA) is 13.1 Å². The zero-order chi connectivity index (χ0) is 46.5. The Kier molecular flexibility index (Phi) is 16.2. The van der Waals surface area contributed by atoms with Crippen LogP contribution in [0.4, 0.5) is 0 Å². The summed E-state index contributed by atoms with van der Waals surface area (Å²) in [6.45, 7) is 0. The third-order valence-corrected chi connectivity index (χ3v) is 20.0.